The highest BCUT2D eigenvalue weighted by Gasteiger charge is 2.42. The van der Waals surface area contributed by atoms with Gasteiger partial charge in [-0.05, 0) is 104 Å². The Morgan fingerprint density at radius 3 is 2.28 bits per heavy atom. The molecule has 1 saturated heterocycles. The first-order chi connectivity index (χ1) is 19.0. The van der Waals surface area contributed by atoms with Crippen LogP contribution in [0.2, 0.25) is 0 Å². The van der Waals surface area contributed by atoms with Crippen LogP contribution in [0, 0.1) is 13.8 Å². The molecular formula is C32H27BrN4OS. The van der Waals surface area contributed by atoms with Crippen molar-refractivity contribution in [2.45, 2.75) is 25.9 Å². The van der Waals surface area contributed by atoms with Crippen molar-refractivity contribution in [3.05, 3.63) is 136 Å². The number of hydrogen-bond donors (Lipinski definition) is 1. The van der Waals surface area contributed by atoms with Crippen molar-refractivity contribution >= 4 is 38.9 Å². The quantitative estimate of drug-likeness (QED) is 0.201. The minimum absolute atomic E-state index is 0.0969. The van der Waals surface area contributed by atoms with E-state index in [1.54, 1.807) is 0 Å². The van der Waals surface area contributed by atoms with Gasteiger partial charge in [-0.25, -0.2) is 0 Å². The molecule has 39 heavy (non-hydrogen) atoms. The molecule has 0 radical (unpaired) electrons. The summed E-state index contributed by atoms with van der Waals surface area (Å²) in [4.78, 5) is 6.91. The molecule has 7 heteroatoms. The molecule has 3 aromatic carbocycles. The van der Waals surface area contributed by atoms with Crippen LogP contribution < -0.4 is 15.0 Å². The number of halogens is 1. The third-order valence-corrected chi connectivity index (χ3v) is 7.86. The summed E-state index contributed by atoms with van der Waals surface area (Å²) >= 11 is 9.58. The maximum absolute atomic E-state index is 6.04. The van der Waals surface area contributed by atoms with E-state index in [4.69, 9.17) is 21.9 Å². The van der Waals surface area contributed by atoms with E-state index in [0.29, 0.717) is 5.11 Å². The summed E-state index contributed by atoms with van der Waals surface area (Å²) < 4.78 is 9.38. The molecule has 0 amide bonds. The van der Waals surface area contributed by atoms with Crippen molar-refractivity contribution in [2.75, 3.05) is 4.90 Å². The summed E-state index contributed by atoms with van der Waals surface area (Å²) in [5.74, 6) is 1.57. The number of nitrogens with zero attached hydrogens (tertiary/aromatic N) is 3. The van der Waals surface area contributed by atoms with Gasteiger partial charge in [-0.1, -0.05) is 46.3 Å². The Morgan fingerprint density at radius 2 is 1.56 bits per heavy atom. The fraction of sp³-hybridized carbons (Fsp3) is 0.125. The number of thiocarbonyl (C=S) groups is 1. The molecule has 5 nitrogen and oxygen atoms in total. The van der Waals surface area contributed by atoms with E-state index in [1.165, 1.54) is 5.56 Å². The lowest BCUT2D eigenvalue weighted by Gasteiger charge is -2.28. The van der Waals surface area contributed by atoms with Crippen LogP contribution in [0.15, 0.2) is 114 Å². The lowest BCUT2D eigenvalue weighted by Crippen LogP contribution is -2.29. The Kier molecular flexibility index (Phi) is 6.94. The Morgan fingerprint density at radius 1 is 0.821 bits per heavy atom. The molecule has 1 N–H and O–H groups in total. The Balaban J connectivity index is 1.42. The van der Waals surface area contributed by atoms with E-state index in [9.17, 15) is 0 Å². The van der Waals surface area contributed by atoms with Crippen LogP contribution in [0.3, 0.4) is 0 Å². The fourth-order valence-corrected chi connectivity index (χ4v) is 6.08. The highest BCUT2D eigenvalue weighted by Crippen LogP contribution is 2.44. The van der Waals surface area contributed by atoms with E-state index in [2.05, 4.69) is 87.0 Å². The highest BCUT2D eigenvalue weighted by atomic mass is 79.9. The van der Waals surface area contributed by atoms with Crippen molar-refractivity contribution in [1.29, 1.82) is 0 Å². The Bertz CT molecular complexity index is 1620. The minimum atomic E-state index is -0.115. The minimum Gasteiger partial charge on any atom is -0.457 e. The lowest BCUT2D eigenvalue weighted by atomic mass is 9.96. The van der Waals surface area contributed by atoms with Gasteiger partial charge in [-0.15, -0.1) is 0 Å². The Labute approximate surface area is 242 Å². The molecule has 5 aromatic rings. The van der Waals surface area contributed by atoms with Gasteiger partial charge < -0.3 is 19.5 Å². The molecule has 0 bridgehead atoms. The monoisotopic (exact) mass is 594 g/mol. The molecule has 2 unspecified atom stereocenters. The number of hydrogen-bond acceptors (Lipinski definition) is 3. The number of anilines is 1. The Hall–Kier alpha value is -3.94. The SMILES string of the molecule is Cc1cc(C2C(c3ccccn3)NC(=S)N2c2ccc(Oc3ccccc3)cc2)c(C)n1-c1cccc(Br)c1. The van der Waals surface area contributed by atoms with Gasteiger partial charge >= 0.3 is 0 Å². The zero-order valence-electron chi connectivity index (χ0n) is 21.6. The van der Waals surface area contributed by atoms with E-state index in [1.807, 2.05) is 66.9 Å². The maximum Gasteiger partial charge on any atom is 0.174 e. The molecule has 0 aliphatic carbocycles. The van der Waals surface area contributed by atoms with Gasteiger partial charge in [0.05, 0.1) is 17.8 Å². The molecule has 1 aliphatic heterocycles. The first-order valence-corrected chi connectivity index (χ1v) is 14.0. The van der Waals surface area contributed by atoms with Gasteiger partial charge in [-0.2, -0.15) is 0 Å². The van der Waals surface area contributed by atoms with Gasteiger partial charge in [0.1, 0.15) is 11.5 Å². The van der Waals surface area contributed by atoms with Gasteiger partial charge in [0.2, 0.25) is 0 Å². The predicted molar refractivity (Wildman–Crippen MR) is 164 cm³/mol. The van der Waals surface area contributed by atoms with Crippen molar-refractivity contribution in [3.8, 4) is 17.2 Å². The van der Waals surface area contributed by atoms with Crippen LogP contribution in [-0.2, 0) is 0 Å². The average Bonchev–Trinajstić information content (AvgIpc) is 3.45. The standard InChI is InChI=1S/C32H27BrN4OS/c1-21-19-28(22(2)36(21)25-10-8-9-23(33)20-25)31-30(29-13-6-7-18-34-29)35-32(39)37(31)24-14-16-27(17-15-24)38-26-11-4-3-5-12-26/h3-20,30-31H,1-2H3,(H,35,39). The predicted octanol–water partition coefficient (Wildman–Crippen LogP) is 8.22. The van der Waals surface area contributed by atoms with Gasteiger partial charge in [-0.3, -0.25) is 4.98 Å². The van der Waals surface area contributed by atoms with Crippen LogP contribution in [-0.4, -0.2) is 14.7 Å². The molecule has 2 atom stereocenters. The first-order valence-electron chi connectivity index (χ1n) is 12.8. The number of benzene rings is 3. The van der Waals surface area contributed by atoms with Crippen molar-refractivity contribution in [2.24, 2.45) is 0 Å². The second-order valence-electron chi connectivity index (χ2n) is 9.55. The third-order valence-electron chi connectivity index (χ3n) is 7.05. The third kappa shape index (κ3) is 4.95. The first kappa shape index (κ1) is 25.3. The number of rotatable bonds is 6. The van der Waals surface area contributed by atoms with Gasteiger partial charge in [0.15, 0.2) is 5.11 Å². The fourth-order valence-electron chi connectivity index (χ4n) is 5.35. The number of nitrogens with one attached hydrogen (secondary N) is 1. The largest absolute Gasteiger partial charge is 0.457 e. The van der Waals surface area contributed by atoms with Crippen LogP contribution in [0.25, 0.3) is 5.69 Å². The van der Waals surface area contributed by atoms with Gasteiger partial charge in [0.25, 0.3) is 0 Å². The highest BCUT2D eigenvalue weighted by molar-refractivity contribution is 9.10. The lowest BCUT2D eigenvalue weighted by molar-refractivity contribution is 0.482. The molecule has 6 rings (SSSR count). The summed E-state index contributed by atoms with van der Waals surface area (Å²) in [6.07, 6.45) is 1.83. The molecule has 0 spiro atoms. The van der Waals surface area contributed by atoms with E-state index in [-0.39, 0.29) is 12.1 Å². The molecule has 1 fully saturated rings. The zero-order chi connectivity index (χ0) is 26.9. The van der Waals surface area contributed by atoms with Crippen LogP contribution >= 0.6 is 28.1 Å². The van der Waals surface area contributed by atoms with E-state index in [0.717, 1.165) is 44.4 Å². The summed E-state index contributed by atoms with van der Waals surface area (Å²) in [5.41, 5.74) is 6.57. The maximum atomic E-state index is 6.04. The number of para-hydroxylation sites is 1. The normalized spacial score (nSPS) is 16.8. The molecule has 2 aromatic heterocycles. The van der Waals surface area contributed by atoms with E-state index < -0.39 is 0 Å². The van der Waals surface area contributed by atoms with Crippen molar-refractivity contribution in [3.63, 3.8) is 0 Å². The van der Waals surface area contributed by atoms with Crippen LogP contribution in [0.4, 0.5) is 5.69 Å². The van der Waals surface area contributed by atoms with E-state index >= 15 is 0 Å². The van der Waals surface area contributed by atoms with Crippen LogP contribution in [0.5, 0.6) is 11.5 Å². The summed E-state index contributed by atoms with van der Waals surface area (Å²) in [7, 11) is 0. The molecule has 0 saturated carbocycles. The number of aromatic nitrogens is 2. The number of ether oxygens (including phenoxy) is 1. The summed E-state index contributed by atoms with van der Waals surface area (Å²) in [5, 5.41) is 4.24. The number of pyridine rings is 1. The summed E-state index contributed by atoms with van der Waals surface area (Å²) in [6, 6.07) is 34.3. The van der Waals surface area contributed by atoms with Crippen LogP contribution in [0.1, 0.15) is 34.7 Å². The molecule has 3 heterocycles. The van der Waals surface area contributed by atoms with Crippen molar-refractivity contribution < 1.29 is 4.74 Å². The topological polar surface area (TPSA) is 42.3 Å². The molecule has 1 aliphatic rings. The number of aryl methyl sites for hydroxylation is 1. The second-order valence-corrected chi connectivity index (χ2v) is 10.8. The molecular weight excluding hydrogens is 568 g/mol. The molecule has 194 valence electrons. The average molecular weight is 596 g/mol. The van der Waals surface area contributed by atoms with Gasteiger partial charge in [0, 0.05) is 33.4 Å². The van der Waals surface area contributed by atoms with Crippen molar-refractivity contribution in [1.82, 2.24) is 14.9 Å². The smallest absolute Gasteiger partial charge is 0.174 e. The zero-order valence-corrected chi connectivity index (χ0v) is 24.0. The second kappa shape index (κ2) is 10.7. The summed E-state index contributed by atoms with van der Waals surface area (Å²) in [6.45, 7) is 4.32.